The van der Waals surface area contributed by atoms with Crippen LogP contribution in [0.25, 0.3) is 0 Å². The predicted octanol–water partition coefficient (Wildman–Crippen LogP) is 7.44. The van der Waals surface area contributed by atoms with Crippen molar-refractivity contribution < 1.29 is 23.7 Å². The molecule has 3 unspecified atom stereocenters. The van der Waals surface area contributed by atoms with E-state index in [2.05, 4.69) is 103 Å². The van der Waals surface area contributed by atoms with Gasteiger partial charge >= 0.3 is 0 Å². The number of ether oxygens (including phenoxy) is 5. The van der Waals surface area contributed by atoms with E-state index in [1.807, 2.05) is 0 Å². The third-order valence-corrected chi connectivity index (χ3v) is 11.2. The van der Waals surface area contributed by atoms with Crippen LogP contribution in [0.5, 0.6) is 28.7 Å². The van der Waals surface area contributed by atoms with Crippen LogP contribution in [0.1, 0.15) is 54.0 Å². The van der Waals surface area contributed by atoms with Gasteiger partial charge in [0.15, 0.2) is 34.5 Å². The molecule has 6 heterocycles. The van der Waals surface area contributed by atoms with Crippen LogP contribution in [-0.2, 0) is 24.0 Å². The molecule has 0 aliphatic carbocycles. The number of methoxy groups -OCH3 is 1. The van der Waals surface area contributed by atoms with Gasteiger partial charge < -0.3 is 28.6 Å². The van der Waals surface area contributed by atoms with Crippen LogP contribution in [0.2, 0.25) is 0 Å². The summed E-state index contributed by atoms with van der Waals surface area (Å²) in [5.74, 6) is 5.79. The zero-order valence-electron chi connectivity index (χ0n) is 29.9. The molecule has 9 rings (SSSR count). The van der Waals surface area contributed by atoms with Crippen molar-refractivity contribution in [2.45, 2.75) is 63.1 Å². The van der Waals surface area contributed by atoms with Gasteiger partial charge in [-0.1, -0.05) is 24.8 Å². The molecule has 0 spiro atoms. The summed E-state index contributed by atoms with van der Waals surface area (Å²) in [5, 5.41) is 0. The number of fused-ring (bicyclic) bond motifs is 2. The molecule has 0 N–H and O–H groups in total. The van der Waals surface area contributed by atoms with Crippen LogP contribution in [0.4, 0.5) is 0 Å². The Morgan fingerprint density at radius 3 is 2.34 bits per heavy atom. The lowest BCUT2D eigenvalue weighted by Gasteiger charge is -2.37. The van der Waals surface area contributed by atoms with Crippen LogP contribution >= 0.6 is 0 Å². The van der Waals surface area contributed by atoms with Crippen LogP contribution < -0.4 is 18.9 Å². The van der Waals surface area contributed by atoms with E-state index in [0.717, 1.165) is 99.7 Å². The van der Waals surface area contributed by atoms with Crippen LogP contribution in [-0.4, -0.2) is 81.3 Å². The molecule has 0 aromatic heterocycles. The van der Waals surface area contributed by atoms with E-state index in [4.69, 9.17) is 23.7 Å². The van der Waals surface area contributed by atoms with Crippen molar-refractivity contribution in [3.05, 3.63) is 112 Å². The summed E-state index contributed by atoms with van der Waals surface area (Å²) in [4.78, 5) is 7.24. The van der Waals surface area contributed by atoms with Gasteiger partial charge in [0.25, 0.3) is 0 Å². The van der Waals surface area contributed by atoms with Crippen molar-refractivity contribution in [1.82, 2.24) is 14.7 Å². The van der Waals surface area contributed by atoms with Gasteiger partial charge in [0.2, 0.25) is 0 Å². The molecule has 3 atom stereocenters. The number of hydrogen-bond donors (Lipinski definition) is 0. The number of allylic oxidation sites excluding steroid dienone is 1. The number of rotatable bonds is 3. The molecule has 0 radical (unpaired) electrons. The van der Waals surface area contributed by atoms with E-state index in [-0.39, 0.29) is 18.2 Å². The molecule has 0 saturated carbocycles. The molecule has 8 heteroatoms. The third-order valence-electron chi connectivity index (χ3n) is 11.2. The summed E-state index contributed by atoms with van der Waals surface area (Å²) >= 11 is 0. The maximum atomic E-state index is 7.06. The second kappa shape index (κ2) is 13.8. The normalized spacial score (nSPS) is 25.5. The summed E-state index contributed by atoms with van der Waals surface area (Å²) in [6.45, 7) is 8.26. The van der Waals surface area contributed by atoms with Crippen LogP contribution in [0.3, 0.4) is 0 Å². The fourth-order valence-corrected chi connectivity index (χ4v) is 8.12. The molecule has 262 valence electrons. The van der Waals surface area contributed by atoms with E-state index < -0.39 is 0 Å². The Bertz CT molecular complexity index is 1830. The molecule has 1 saturated heterocycles. The number of benzene rings is 3. The second-order valence-corrected chi connectivity index (χ2v) is 14.6. The highest BCUT2D eigenvalue weighted by molar-refractivity contribution is 5.54. The fourth-order valence-electron chi connectivity index (χ4n) is 8.12. The maximum absolute atomic E-state index is 7.06. The summed E-state index contributed by atoms with van der Waals surface area (Å²) in [6.07, 6.45) is 8.75. The first-order valence-corrected chi connectivity index (χ1v) is 18.2. The van der Waals surface area contributed by atoms with Gasteiger partial charge in [-0.3, -0.25) is 9.80 Å². The van der Waals surface area contributed by atoms with Crippen molar-refractivity contribution in [2.24, 2.45) is 0 Å². The highest BCUT2D eigenvalue weighted by Gasteiger charge is 2.34. The number of nitrogens with zero attached hydrogens (tertiary/aromatic N) is 3. The predicted molar refractivity (Wildman–Crippen MR) is 195 cm³/mol. The summed E-state index contributed by atoms with van der Waals surface area (Å²) in [6, 6.07) is 19.6. The largest absolute Gasteiger partial charge is 0.493 e. The maximum Gasteiger partial charge on any atom is 0.170 e. The smallest absolute Gasteiger partial charge is 0.170 e. The average Bonchev–Trinajstić information content (AvgIpc) is 3.29. The lowest BCUT2D eigenvalue weighted by atomic mass is 9.88. The SMILES string of the molecule is C=C1Oc2cc3c4cc2OC2=C(/C=C\1OC)CCN(C)C2Cc1ccc(cc1)Oc1cc(ccc1OC1CCCN(C)CC1)CC4N(C)CC3. The number of hydrogen-bond acceptors (Lipinski definition) is 8. The van der Waals surface area contributed by atoms with Crippen LogP contribution in [0, 0.1) is 0 Å². The minimum Gasteiger partial charge on any atom is -0.493 e. The fraction of sp³-hybridized carbons (Fsp3) is 0.429. The molecule has 1 fully saturated rings. The highest BCUT2D eigenvalue weighted by Crippen LogP contribution is 2.44. The van der Waals surface area contributed by atoms with E-state index >= 15 is 0 Å². The quantitative estimate of drug-likeness (QED) is 0.284. The van der Waals surface area contributed by atoms with E-state index in [9.17, 15) is 0 Å². The Labute approximate surface area is 296 Å². The summed E-state index contributed by atoms with van der Waals surface area (Å²) < 4.78 is 32.8. The average molecular weight is 676 g/mol. The number of likely N-dealkylation sites (N-methyl/N-ethyl adjacent to an activating group) is 2. The molecule has 8 nitrogen and oxygen atoms in total. The van der Waals surface area contributed by atoms with Crippen molar-refractivity contribution in [3.8, 4) is 28.7 Å². The van der Waals surface area contributed by atoms with Gasteiger partial charge in [0.1, 0.15) is 17.6 Å². The molecular formula is C42H49N3O5. The molecule has 50 heavy (non-hydrogen) atoms. The molecule has 0 amide bonds. The monoisotopic (exact) mass is 675 g/mol. The Hall–Kier alpha value is -4.24. The highest BCUT2D eigenvalue weighted by atomic mass is 16.5. The molecule has 3 aromatic rings. The summed E-state index contributed by atoms with van der Waals surface area (Å²) in [7, 11) is 8.27. The minimum atomic E-state index is 0.0120. The zero-order chi connectivity index (χ0) is 34.4. The molecule has 6 aliphatic heterocycles. The summed E-state index contributed by atoms with van der Waals surface area (Å²) in [5.41, 5.74) is 6.03. The molecule has 7 bridgehead atoms. The van der Waals surface area contributed by atoms with Gasteiger partial charge in [0.05, 0.1) is 13.2 Å². The Balaban J connectivity index is 1.25. The first-order chi connectivity index (χ1) is 24.3. The molecular weight excluding hydrogens is 626 g/mol. The van der Waals surface area contributed by atoms with Crippen molar-refractivity contribution >= 4 is 0 Å². The van der Waals surface area contributed by atoms with E-state index in [1.54, 1.807) is 7.11 Å². The molecule has 6 aliphatic rings. The molecule has 3 aromatic carbocycles. The zero-order valence-corrected chi connectivity index (χ0v) is 29.9. The minimum absolute atomic E-state index is 0.0120. The van der Waals surface area contributed by atoms with Gasteiger partial charge in [-0.15, -0.1) is 0 Å². The first kappa shape index (κ1) is 32.9. The van der Waals surface area contributed by atoms with E-state index in [0.29, 0.717) is 23.0 Å². The van der Waals surface area contributed by atoms with Crippen molar-refractivity contribution in [3.63, 3.8) is 0 Å². The van der Waals surface area contributed by atoms with Gasteiger partial charge in [-0.2, -0.15) is 0 Å². The van der Waals surface area contributed by atoms with Gasteiger partial charge in [-0.25, -0.2) is 0 Å². The van der Waals surface area contributed by atoms with Gasteiger partial charge in [0, 0.05) is 25.7 Å². The Kier molecular flexibility index (Phi) is 9.10. The van der Waals surface area contributed by atoms with Crippen molar-refractivity contribution in [2.75, 3.05) is 54.4 Å². The standard InChI is InChI=1S/C42H49N3O5/c1-27-38(46-5)25-31-15-20-45(4)36-21-28-8-11-33(12-9-28)49-39-23-29(10-13-37(39)48-32-7-6-17-43(2)18-16-32)22-35-34-26-41(50-42(31)36)40(47-27)24-30(34)14-19-44(35)3/h8-13,23-26,32,35-36H,1,6-7,14-22H2,2-5H3/b38-25+. The number of likely N-dealkylation sites (tertiary alicyclic amines) is 1. The first-order valence-electron chi connectivity index (χ1n) is 18.2. The topological polar surface area (TPSA) is 55.9 Å². The Morgan fingerprint density at radius 2 is 1.50 bits per heavy atom. The lowest BCUT2D eigenvalue weighted by molar-refractivity contribution is 0.177. The lowest BCUT2D eigenvalue weighted by Crippen LogP contribution is -2.41. The van der Waals surface area contributed by atoms with E-state index in [1.165, 1.54) is 22.3 Å². The van der Waals surface area contributed by atoms with Gasteiger partial charge in [-0.05, 0) is 143 Å². The second-order valence-electron chi connectivity index (χ2n) is 14.6. The third kappa shape index (κ3) is 6.64. The van der Waals surface area contributed by atoms with Crippen molar-refractivity contribution in [1.29, 1.82) is 0 Å². The Morgan fingerprint density at radius 1 is 0.740 bits per heavy atom. The van der Waals surface area contributed by atoms with Crippen LogP contribution in [0.15, 0.2) is 90.1 Å².